The number of alkyl halides is 6. The number of hydrogen-bond donors (Lipinski definition) is 2. The van der Waals surface area contributed by atoms with E-state index in [0.29, 0.717) is 25.0 Å². The van der Waals surface area contributed by atoms with Crippen molar-refractivity contribution >= 4 is 17.8 Å². The fraction of sp³-hybridized carbons (Fsp3) is 0.455. The lowest BCUT2D eigenvalue weighted by atomic mass is 10.1. The van der Waals surface area contributed by atoms with Crippen molar-refractivity contribution in [2.24, 2.45) is 0 Å². The first-order valence-corrected chi connectivity index (χ1v) is 10.7. The molecule has 2 aliphatic rings. The number of aliphatic carboxylic acids is 2. The van der Waals surface area contributed by atoms with Crippen LogP contribution in [0.4, 0.5) is 26.3 Å². The Balaban J connectivity index is 0.000000286. The summed E-state index contributed by atoms with van der Waals surface area (Å²) in [6.45, 7) is 4.41. The number of likely N-dealkylation sites (tertiary alicyclic amines) is 2. The third-order valence-electron chi connectivity index (χ3n) is 5.43. The third-order valence-corrected chi connectivity index (χ3v) is 5.43. The van der Waals surface area contributed by atoms with Crippen molar-refractivity contribution in [2.75, 3.05) is 6.54 Å². The molecular formula is C22H23F6N3O6. The molecule has 2 atom stereocenters. The lowest BCUT2D eigenvalue weighted by Crippen LogP contribution is -2.36. The number of aromatic nitrogens is 1. The van der Waals surface area contributed by atoms with Gasteiger partial charge in [0.15, 0.2) is 0 Å². The Bertz CT molecular complexity index is 1050. The van der Waals surface area contributed by atoms with Gasteiger partial charge in [0, 0.05) is 30.7 Å². The maximum absolute atomic E-state index is 12.5. The van der Waals surface area contributed by atoms with Crippen LogP contribution in [0.15, 0.2) is 41.0 Å². The lowest BCUT2D eigenvalue weighted by molar-refractivity contribution is -0.193. The van der Waals surface area contributed by atoms with Gasteiger partial charge in [-0.15, -0.1) is 0 Å². The van der Waals surface area contributed by atoms with Crippen LogP contribution < -0.4 is 0 Å². The number of aryl methyl sites for hydroxylation is 1. The van der Waals surface area contributed by atoms with Gasteiger partial charge >= 0.3 is 24.3 Å². The summed E-state index contributed by atoms with van der Waals surface area (Å²) >= 11 is 0. The monoisotopic (exact) mass is 539 g/mol. The predicted molar refractivity (Wildman–Crippen MR) is 113 cm³/mol. The highest BCUT2D eigenvalue weighted by Crippen LogP contribution is 2.34. The Hall–Kier alpha value is -3.62. The Labute approximate surface area is 206 Å². The van der Waals surface area contributed by atoms with Crippen molar-refractivity contribution in [3.05, 3.63) is 53.7 Å². The minimum Gasteiger partial charge on any atom is -0.475 e. The van der Waals surface area contributed by atoms with E-state index in [2.05, 4.69) is 9.88 Å². The van der Waals surface area contributed by atoms with E-state index in [-0.39, 0.29) is 5.91 Å². The molecular weight excluding hydrogens is 516 g/mol. The Morgan fingerprint density at radius 3 is 2.08 bits per heavy atom. The van der Waals surface area contributed by atoms with E-state index >= 15 is 0 Å². The molecule has 0 spiro atoms. The molecule has 2 N–H and O–H groups in total. The van der Waals surface area contributed by atoms with Gasteiger partial charge in [-0.05, 0) is 37.6 Å². The summed E-state index contributed by atoms with van der Waals surface area (Å²) in [5, 5.41) is 14.2. The Morgan fingerprint density at radius 2 is 1.59 bits per heavy atom. The van der Waals surface area contributed by atoms with Gasteiger partial charge in [-0.3, -0.25) is 14.7 Å². The van der Waals surface area contributed by atoms with E-state index in [1.54, 1.807) is 6.26 Å². The van der Waals surface area contributed by atoms with Crippen LogP contribution in [-0.4, -0.2) is 73.8 Å². The molecule has 4 heterocycles. The molecule has 4 rings (SSSR count). The van der Waals surface area contributed by atoms with Crippen LogP contribution in [0.2, 0.25) is 0 Å². The van der Waals surface area contributed by atoms with Crippen molar-refractivity contribution in [3.8, 4) is 0 Å². The second-order valence-electron chi connectivity index (χ2n) is 8.08. The number of nitrogens with zero attached hydrogens (tertiary/aromatic N) is 3. The summed E-state index contributed by atoms with van der Waals surface area (Å²) in [4.78, 5) is 39.2. The van der Waals surface area contributed by atoms with Gasteiger partial charge in [0.05, 0.1) is 25.0 Å². The molecule has 2 aromatic rings. The van der Waals surface area contributed by atoms with Crippen molar-refractivity contribution < 1.29 is 55.4 Å². The van der Waals surface area contributed by atoms with Gasteiger partial charge in [0.2, 0.25) is 5.91 Å². The fourth-order valence-corrected chi connectivity index (χ4v) is 3.88. The Morgan fingerprint density at radius 1 is 1.00 bits per heavy atom. The van der Waals surface area contributed by atoms with Crippen LogP contribution in [-0.2, 0) is 27.5 Å². The van der Waals surface area contributed by atoms with E-state index in [9.17, 15) is 31.1 Å². The van der Waals surface area contributed by atoms with Gasteiger partial charge in [0.1, 0.15) is 5.76 Å². The molecule has 2 saturated heterocycles. The highest BCUT2D eigenvalue weighted by molar-refractivity contribution is 5.80. The first kappa shape index (κ1) is 29.6. The predicted octanol–water partition coefficient (Wildman–Crippen LogP) is 3.63. The second-order valence-corrected chi connectivity index (χ2v) is 8.08. The molecule has 9 nitrogen and oxygen atoms in total. The van der Waals surface area contributed by atoms with Crippen molar-refractivity contribution in [1.82, 2.24) is 14.8 Å². The largest absolute Gasteiger partial charge is 0.490 e. The summed E-state index contributed by atoms with van der Waals surface area (Å²) in [7, 11) is 0. The SMILES string of the molecule is Cc1cccc(CN2C(=O)C[C@@H]3[C@@H]2CCN3Cc2ccco2)n1.O=C(O)C(F)(F)F.O=C(O)C(F)(F)F. The van der Waals surface area contributed by atoms with Crippen LogP contribution in [0.1, 0.15) is 30.0 Å². The average molecular weight is 539 g/mol. The van der Waals surface area contributed by atoms with Crippen LogP contribution in [0, 0.1) is 6.92 Å². The minimum atomic E-state index is -5.08. The van der Waals surface area contributed by atoms with Crippen molar-refractivity contribution in [3.63, 3.8) is 0 Å². The number of fused-ring (bicyclic) bond motifs is 1. The molecule has 0 unspecified atom stereocenters. The molecule has 0 bridgehead atoms. The van der Waals surface area contributed by atoms with Crippen LogP contribution >= 0.6 is 0 Å². The normalized spacial score (nSPS) is 19.4. The highest BCUT2D eigenvalue weighted by Gasteiger charge is 2.46. The minimum absolute atomic E-state index is 0.243. The quantitative estimate of drug-likeness (QED) is 0.565. The fourth-order valence-electron chi connectivity index (χ4n) is 3.88. The summed E-state index contributed by atoms with van der Waals surface area (Å²) in [5.74, 6) is -4.30. The molecule has 0 aliphatic carbocycles. The molecule has 2 aromatic heterocycles. The third kappa shape index (κ3) is 8.77. The molecule has 0 saturated carbocycles. The van der Waals surface area contributed by atoms with E-state index in [0.717, 1.165) is 36.7 Å². The average Bonchev–Trinajstić information content (AvgIpc) is 3.49. The molecule has 0 radical (unpaired) electrons. The van der Waals surface area contributed by atoms with Crippen LogP contribution in [0.3, 0.4) is 0 Å². The summed E-state index contributed by atoms with van der Waals surface area (Å²) in [6.07, 6.45) is -6.82. The zero-order valence-electron chi connectivity index (χ0n) is 19.3. The first-order chi connectivity index (χ1) is 17.1. The topological polar surface area (TPSA) is 124 Å². The number of rotatable bonds is 4. The number of carbonyl (C=O) groups excluding carboxylic acids is 1. The Kier molecular flexibility index (Phi) is 9.67. The van der Waals surface area contributed by atoms with E-state index in [1.165, 1.54) is 0 Å². The molecule has 2 fully saturated rings. The number of pyridine rings is 1. The second kappa shape index (κ2) is 12.1. The van der Waals surface area contributed by atoms with Crippen molar-refractivity contribution in [1.29, 1.82) is 0 Å². The molecule has 37 heavy (non-hydrogen) atoms. The number of amides is 1. The molecule has 1 amide bonds. The highest BCUT2D eigenvalue weighted by atomic mass is 19.4. The van der Waals surface area contributed by atoms with E-state index in [1.807, 2.05) is 42.2 Å². The van der Waals surface area contributed by atoms with Gasteiger partial charge in [-0.25, -0.2) is 9.59 Å². The molecule has 15 heteroatoms. The number of carboxylic acids is 2. The van der Waals surface area contributed by atoms with Gasteiger partial charge < -0.3 is 19.5 Å². The maximum atomic E-state index is 12.5. The number of halogens is 6. The van der Waals surface area contributed by atoms with Gasteiger partial charge in [0.25, 0.3) is 0 Å². The number of hydrogen-bond acceptors (Lipinski definition) is 6. The summed E-state index contributed by atoms with van der Waals surface area (Å²) in [6, 6.07) is 10.5. The first-order valence-electron chi connectivity index (χ1n) is 10.7. The van der Waals surface area contributed by atoms with Crippen LogP contribution in [0.5, 0.6) is 0 Å². The van der Waals surface area contributed by atoms with Crippen molar-refractivity contribution in [2.45, 2.75) is 57.3 Å². The lowest BCUT2D eigenvalue weighted by Gasteiger charge is -2.25. The number of carboxylic acid groups (broad SMARTS) is 2. The maximum Gasteiger partial charge on any atom is 0.490 e. The molecule has 204 valence electrons. The zero-order chi connectivity index (χ0) is 28.0. The summed E-state index contributed by atoms with van der Waals surface area (Å²) < 4.78 is 68.9. The van der Waals surface area contributed by atoms with Gasteiger partial charge in [-0.1, -0.05) is 6.07 Å². The van der Waals surface area contributed by atoms with E-state index in [4.69, 9.17) is 24.2 Å². The summed E-state index contributed by atoms with van der Waals surface area (Å²) in [5.41, 5.74) is 1.97. The van der Waals surface area contributed by atoms with E-state index < -0.39 is 24.3 Å². The molecule has 0 aromatic carbocycles. The zero-order valence-corrected chi connectivity index (χ0v) is 19.3. The molecule has 2 aliphatic heterocycles. The van der Waals surface area contributed by atoms with Gasteiger partial charge in [-0.2, -0.15) is 26.3 Å². The number of furan rings is 1. The van der Waals surface area contributed by atoms with Crippen LogP contribution in [0.25, 0.3) is 0 Å². The number of carbonyl (C=O) groups is 3. The smallest absolute Gasteiger partial charge is 0.475 e. The standard InChI is InChI=1S/C18H21N3O2.2C2HF3O2/c1-13-4-2-5-14(19-13)11-21-16-7-8-20(17(16)10-18(21)22)12-15-6-3-9-23-15;2*3-2(4,5)1(6)7/h2-6,9,16-17H,7-8,10-12H2,1H3;2*(H,6,7)/t16-,17+;;/m0../s1.